The van der Waals surface area contributed by atoms with E-state index in [-0.39, 0.29) is 11.7 Å². The highest BCUT2D eigenvalue weighted by Gasteiger charge is 2.24. The SMILES string of the molecule is C\C=C/C(=C\C(=C/C)C(=O)C1CCN(C)CC1)NC(=S)NC. The number of carbonyl (C=O) groups is 1. The monoisotopic (exact) mass is 321 g/mol. The van der Waals surface area contributed by atoms with Crippen molar-refractivity contribution in [2.24, 2.45) is 5.92 Å². The van der Waals surface area contributed by atoms with E-state index in [1.807, 2.05) is 38.2 Å². The average Bonchev–Trinajstić information content (AvgIpc) is 2.52. The fourth-order valence-electron chi connectivity index (χ4n) is 2.47. The summed E-state index contributed by atoms with van der Waals surface area (Å²) in [5.74, 6) is 0.358. The van der Waals surface area contributed by atoms with Gasteiger partial charge in [0.05, 0.1) is 0 Å². The first kappa shape index (κ1) is 18.6. The Kier molecular flexibility index (Phi) is 8.06. The molecular weight excluding hydrogens is 294 g/mol. The van der Waals surface area contributed by atoms with Gasteiger partial charge in [-0.2, -0.15) is 0 Å². The molecule has 22 heavy (non-hydrogen) atoms. The summed E-state index contributed by atoms with van der Waals surface area (Å²) < 4.78 is 0. The van der Waals surface area contributed by atoms with Crippen LogP contribution in [0.3, 0.4) is 0 Å². The Labute approximate surface area is 139 Å². The highest BCUT2D eigenvalue weighted by atomic mass is 32.1. The van der Waals surface area contributed by atoms with Crippen LogP contribution in [0.5, 0.6) is 0 Å². The lowest BCUT2D eigenvalue weighted by Crippen LogP contribution is -2.34. The van der Waals surface area contributed by atoms with Gasteiger partial charge in [-0.25, -0.2) is 0 Å². The van der Waals surface area contributed by atoms with Gasteiger partial charge in [0.25, 0.3) is 0 Å². The predicted molar refractivity (Wildman–Crippen MR) is 96.7 cm³/mol. The van der Waals surface area contributed by atoms with Crippen molar-refractivity contribution in [3.8, 4) is 0 Å². The first-order chi connectivity index (χ1) is 10.5. The molecule has 0 saturated carbocycles. The molecule has 0 radical (unpaired) electrons. The summed E-state index contributed by atoms with van der Waals surface area (Å²) in [7, 11) is 3.87. The second-order valence-corrected chi connectivity index (χ2v) is 5.90. The summed E-state index contributed by atoms with van der Waals surface area (Å²) in [6, 6.07) is 0. The minimum absolute atomic E-state index is 0.127. The largest absolute Gasteiger partial charge is 0.366 e. The lowest BCUT2D eigenvalue weighted by Gasteiger charge is -2.28. The van der Waals surface area contributed by atoms with Crippen LogP contribution in [0.25, 0.3) is 0 Å². The van der Waals surface area contributed by atoms with E-state index in [0.717, 1.165) is 37.2 Å². The number of thiocarbonyl (C=S) groups is 1. The van der Waals surface area contributed by atoms with Crippen LogP contribution in [0.15, 0.2) is 35.6 Å². The van der Waals surface area contributed by atoms with E-state index in [1.54, 1.807) is 7.05 Å². The fourth-order valence-corrected chi connectivity index (χ4v) is 2.59. The molecule has 0 bridgehead atoms. The molecule has 1 aliphatic rings. The number of ketones is 1. The van der Waals surface area contributed by atoms with Gasteiger partial charge in [0.1, 0.15) is 0 Å². The van der Waals surface area contributed by atoms with E-state index in [9.17, 15) is 4.79 Å². The zero-order valence-corrected chi connectivity index (χ0v) is 14.8. The molecule has 1 fully saturated rings. The highest BCUT2D eigenvalue weighted by Crippen LogP contribution is 2.21. The standard InChI is InChI=1S/C17H27N3OS/c1-5-7-15(19-17(22)18-3)12-13(6-2)16(21)14-8-10-20(4)11-9-14/h5-7,12,14H,8-11H2,1-4H3,(H2,18,19,22)/b7-5-,13-6+,15-12+. The second kappa shape index (κ2) is 9.54. The fraction of sp³-hybridized carbons (Fsp3) is 0.529. The molecule has 5 heteroatoms. The lowest BCUT2D eigenvalue weighted by atomic mass is 9.88. The molecule has 0 spiro atoms. The minimum atomic E-state index is 0.127. The number of allylic oxidation sites excluding steroid dienone is 5. The Balaban J connectivity index is 2.86. The topological polar surface area (TPSA) is 44.4 Å². The number of hydrogen-bond donors (Lipinski definition) is 2. The molecule has 0 aromatic carbocycles. The number of likely N-dealkylation sites (tertiary alicyclic amines) is 1. The number of rotatable bonds is 5. The molecule has 4 nitrogen and oxygen atoms in total. The van der Waals surface area contributed by atoms with Crippen LogP contribution in [0.1, 0.15) is 26.7 Å². The molecule has 1 rings (SSSR count). The number of nitrogens with one attached hydrogen (secondary N) is 2. The van der Waals surface area contributed by atoms with Crippen molar-refractivity contribution in [1.29, 1.82) is 0 Å². The predicted octanol–water partition coefficient (Wildman–Crippen LogP) is 2.40. The van der Waals surface area contributed by atoms with Crippen LogP contribution >= 0.6 is 12.2 Å². The smallest absolute Gasteiger partial charge is 0.170 e. The van der Waals surface area contributed by atoms with Crippen LogP contribution in [0.4, 0.5) is 0 Å². The maximum absolute atomic E-state index is 12.7. The summed E-state index contributed by atoms with van der Waals surface area (Å²) >= 11 is 5.13. The summed E-state index contributed by atoms with van der Waals surface area (Å²) in [4.78, 5) is 15.0. The molecule has 1 saturated heterocycles. The molecule has 0 aromatic rings. The van der Waals surface area contributed by atoms with Crippen molar-refractivity contribution < 1.29 is 4.79 Å². The molecule has 0 amide bonds. The molecule has 0 aromatic heterocycles. The number of hydrogen-bond acceptors (Lipinski definition) is 3. The van der Waals surface area contributed by atoms with Crippen molar-refractivity contribution in [1.82, 2.24) is 15.5 Å². The Morgan fingerprint density at radius 1 is 1.27 bits per heavy atom. The number of carbonyl (C=O) groups excluding carboxylic acids is 1. The third-order valence-corrected chi connectivity index (χ3v) is 4.13. The van der Waals surface area contributed by atoms with Crippen molar-refractivity contribution >= 4 is 23.1 Å². The van der Waals surface area contributed by atoms with Crippen LogP contribution in [-0.2, 0) is 4.79 Å². The first-order valence-electron chi connectivity index (χ1n) is 7.74. The van der Waals surface area contributed by atoms with Gasteiger partial charge in [-0.3, -0.25) is 4.79 Å². The van der Waals surface area contributed by atoms with Gasteiger partial charge >= 0.3 is 0 Å². The minimum Gasteiger partial charge on any atom is -0.366 e. The molecule has 1 aliphatic heterocycles. The van der Waals surface area contributed by atoms with Gasteiger partial charge in [-0.1, -0.05) is 12.2 Å². The molecule has 1 heterocycles. The highest BCUT2D eigenvalue weighted by molar-refractivity contribution is 7.80. The van der Waals surface area contributed by atoms with Gasteiger partial charge in [0.2, 0.25) is 0 Å². The van der Waals surface area contributed by atoms with Crippen molar-refractivity contribution in [2.75, 3.05) is 27.2 Å². The van der Waals surface area contributed by atoms with E-state index < -0.39 is 0 Å². The number of nitrogens with zero attached hydrogens (tertiary/aromatic N) is 1. The van der Waals surface area contributed by atoms with Crippen LogP contribution in [0, 0.1) is 5.92 Å². The van der Waals surface area contributed by atoms with E-state index in [1.165, 1.54) is 0 Å². The molecule has 0 unspecified atom stereocenters. The van der Waals surface area contributed by atoms with Gasteiger partial charge in [0.15, 0.2) is 10.9 Å². The molecule has 2 N–H and O–H groups in total. The zero-order valence-electron chi connectivity index (χ0n) is 14.0. The van der Waals surface area contributed by atoms with E-state index in [2.05, 4.69) is 22.6 Å². The average molecular weight is 321 g/mol. The van der Waals surface area contributed by atoms with Crippen LogP contribution in [0.2, 0.25) is 0 Å². The van der Waals surface area contributed by atoms with Crippen molar-refractivity contribution in [2.45, 2.75) is 26.7 Å². The summed E-state index contributed by atoms with van der Waals surface area (Å²) in [5, 5.41) is 6.50. The molecule has 122 valence electrons. The Hall–Kier alpha value is -1.46. The lowest BCUT2D eigenvalue weighted by molar-refractivity contribution is -0.120. The van der Waals surface area contributed by atoms with Crippen LogP contribution in [-0.4, -0.2) is 43.0 Å². The van der Waals surface area contributed by atoms with Gasteiger partial charge < -0.3 is 15.5 Å². The summed E-state index contributed by atoms with van der Waals surface area (Å²) in [6.07, 6.45) is 9.46. The normalized spacial score (nSPS) is 18.5. The van der Waals surface area contributed by atoms with Crippen LogP contribution < -0.4 is 10.6 Å². The number of piperidine rings is 1. The Bertz CT molecular complexity index is 486. The number of Topliss-reactive ketones (excluding diaryl/α,β-unsaturated/α-hetero) is 1. The van der Waals surface area contributed by atoms with Gasteiger partial charge in [-0.15, -0.1) is 0 Å². The molecule has 0 aliphatic carbocycles. The van der Waals surface area contributed by atoms with E-state index in [0.29, 0.717) is 5.11 Å². The van der Waals surface area contributed by atoms with E-state index >= 15 is 0 Å². The Morgan fingerprint density at radius 2 is 1.91 bits per heavy atom. The molecular formula is C17H27N3OS. The molecule has 0 atom stereocenters. The third kappa shape index (κ3) is 5.73. The van der Waals surface area contributed by atoms with E-state index in [4.69, 9.17) is 12.2 Å². The van der Waals surface area contributed by atoms with Gasteiger partial charge in [-0.05, 0) is 71.2 Å². The van der Waals surface area contributed by atoms with Gasteiger partial charge in [0, 0.05) is 24.2 Å². The van der Waals surface area contributed by atoms with Crippen molar-refractivity contribution in [3.63, 3.8) is 0 Å². The summed E-state index contributed by atoms with van der Waals surface area (Å²) in [5.41, 5.74) is 1.56. The third-order valence-electron chi connectivity index (χ3n) is 3.83. The first-order valence-corrected chi connectivity index (χ1v) is 8.14. The second-order valence-electron chi connectivity index (χ2n) is 5.49. The quantitative estimate of drug-likeness (QED) is 0.462. The maximum Gasteiger partial charge on any atom is 0.170 e. The zero-order chi connectivity index (χ0) is 16.5. The van der Waals surface area contributed by atoms with Crippen molar-refractivity contribution in [3.05, 3.63) is 35.6 Å². The maximum atomic E-state index is 12.7. The Morgan fingerprint density at radius 3 is 2.41 bits per heavy atom. The summed E-state index contributed by atoms with van der Waals surface area (Å²) in [6.45, 7) is 5.82.